The summed E-state index contributed by atoms with van der Waals surface area (Å²) >= 11 is 6.69. The van der Waals surface area contributed by atoms with Crippen molar-refractivity contribution in [2.45, 2.75) is 0 Å². The highest BCUT2D eigenvalue weighted by atomic mass is 35.5. The molecule has 0 radical (unpaired) electrons. The first kappa shape index (κ1) is 9.90. The van der Waals surface area contributed by atoms with E-state index in [0.29, 0.717) is 11.3 Å². The summed E-state index contributed by atoms with van der Waals surface area (Å²) < 4.78 is 13.0. The fourth-order valence-electron chi connectivity index (χ4n) is 0.940. The van der Waals surface area contributed by atoms with Crippen LogP contribution in [-0.2, 0) is 0 Å². The summed E-state index contributed by atoms with van der Waals surface area (Å²) in [4.78, 5) is 0. The molecular formula is C9H4ClN3OS. The van der Waals surface area contributed by atoms with Crippen molar-refractivity contribution < 1.29 is 4.74 Å². The van der Waals surface area contributed by atoms with E-state index in [2.05, 4.69) is 8.75 Å². The molecule has 0 aliphatic rings. The van der Waals surface area contributed by atoms with Gasteiger partial charge in [0.15, 0.2) is 0 Å². The minimum Gasteiger partial charge on any atom is -0.436 e. The molecule has 15 heavy (non-hydrogen) atoms. The summed E-state index contributed by atoms with van der Waals surface area (Å²) in [5.74, 6) is 0.856. The van der Waals surface area contributed by atoms with Crippen LogP contribution < -0.4 is 4.74 Å². The van der Waals surface area contributed by atoms with Crippen molar-refractivity contribution in [3.05, 3.63) is 35.0 Å². The van der Waals surface area contributed by atoms with Gasteiger partial charge in [-0.2, -0.15) is 9.64 Å². The van der Waals surface area contributed by atoms with E-state index in [4.69, 9.17) is 21.6 Å². The lowest BCUT2D eigenvalue weighted by atomic mass is 10.2. The Morgan fingerprint density at radius 1 is 1.27 bits per heavy atom. The molecular weight excluding hydrogens is 234 g/mol. The first-order valence-corrected chi connectivity index (χ1v) is 5.06. The number of ether oxygens (including phenoxy) is 1. The van der Waals surface area contributed by atoms with Gasteiger partial charge in [-0.05, 0) is 24.3 Å². The van der Waals surface area contributed by atoms with E-state index >= 15 is 0 Å². The van der Waals surface area contributed by atoms with E-state index in [0.717, 1.165) is 11.7 Å². The van der Waals surface area contributed by atoms with E-state index in [1.807, 2.05) is 6.07 Å². The maximum atomic E-state index is 8.60. The van der Waals surface area contributed by atoms with E-state index in [9.17, 15) is 0 Å². The number of hydrogen-bond acceptors (Lipinski definition) is 5. The third-order valence-electron chi connectivity index (χ3n) is 1.62. The fourth-order valence-corrected chi connectivity index (χ4v) is 1.55. The molecule has 0 bridgehead atoms. The highest BCUT2D eigenvalue weighted by Crippen LogP contribution is 2.26. The number of halogens is 1. The lowest BCUT2D eigenvalue weighted by Gasteiger charge is -2.00. The van der Waals surface area contributed by atoms with Crippen LogP contribution in [0.4, 0.5) is 0 Å². The Kier molecular flexibility index (Phi) is 2.81. The van der Waals surface area contributed by atoms with E-state index in [1.54, 1.807) is 24.3 Å². The van der Waals surface area contributed by atoms with Gasteiger partial charge in [-0.3, -0.25) is 0 Å². The fraction of sp³-hybridized carbons (Fsp3) is 0. The van der Waals surface area contributed by atoms with Gasteiger partial charge in [0.1, 0.15) is 5.75 Å². The van der Waals surface area contributed by atoms with E-state index < -0.39 is 0 Å². The molecule has 1 aromatic carbocycles. The van der Waals surface area contributed by atoms with Crippen LogP contribution in [0.1, 0.15) is 5.56 Å². The SMILES string of the molecule is N#Cc1ccc(Oc2nsnc2Cl)cc1. The molecule has 0 atom stereocenters. The molecule has 6 heteroatoms. The Bertz CT molecular complexity index is 503. The van der Waals surface area contributed by atoms with Crippen molar-refractivity contribution in [1.82, 2.24) is 8.75 Å². The third kappa shape index (κ3) is 2.24. The van der Waals surface area contributed by atoms with Crippen LogP contribution in [0.15, 0.2) is 24.3 Å². The summed E-state index contributed by atoms with van der Waals surface area (Å²) in [7, 11) is 0. The third-order valence-corrected chi connectivity index (χ3v) is 2.48. The molecule has 0 saturated heterocycles. The maximum Gasteiger partial charge on any atom is 0.270 e. The van der Waals surface area contributed by atoms with Gasteiger partial charge in [0, 0.05) is 0 Å². The van der Waals surface area contributed by atoms with Crippen molar-refractivity contribution in [1.29, 1.82) is 5.26 Å². The Labute approximate surface area is 95.0 Å². The number of rotatable bonds is 2. The summed E-state index contributed by atoms with van der Waals surface area (Å²) in [6.07, 6.45) is 0. The smallest absolute Gasteiger partial charge is 0.270 e. The zero-order valence-corrected chi connectivity index (χ0v) is 8.92. The first-order valence-electron chi connectivity index (χ1n) is 3.95. The zero-order chi connectivity index (χ0) is 10.7. The number of benzene rings is 1. The van der Waals surface area contributed by atoms with E-state index in [1.165, 1.54) is 0 Å². The topological polar surface area (TPSA) is 58.8 Å². The molecule has 74 valence electrons. The van der Waals surface area contributed by atoms with Gasteiger partial charge in [0.2, 0.25) is 5.15 Å². The lowest BCUT2D eigenvalue weighted by molar-refractivity contribution is 0.468. The van der Waals surface area contributed by atoms with Gasteiger partial charge in [-0.1, -0.05) is 11.6 Å². The Morgan fingerprint density at radius 2 is 2.00 bits per heavy atom. The monoisotopic (exact) mass is 237 g/mol. The Hall–Kier alpha value is -1.64. The average Bonchev–Trinajstić information content (AvgIpc) is 2.66. The van der Waals surface area contributed by atoms with Crippen LogP contribution in [0.25, 0.3) is 0 Å². The number of nitriles is 1. The highest BCUT2D eigenvalue weighted by Gasteiger charge is 2.07. The lowest BCUT2D eigenvalue weighted by Crippen LogP contribution is -1.84. The minimum absolute atomic E-state index is 0.240. The highest BCUT2D eigenvalue weighted by molar-refractivity contribution is 6.99. The molecule has 1 aromatic heterocycles. The van der Waals surface area contributed by atoms with Crippen LogP contribution >= 0.6 is 23.3 Å². The van der Waals surface area contributed by atoms with Crippen LogP contribution in [0.5, 0.6) is 11.6 Å². The second-order valence-electron chi connectivity index (χ2n) is 2.60. The summed E-state index contributed by atoms with van der Waals surface area (Å²) in [6, 6.07) is 8.68. The molecule has 4 nitrogen and oxygen atoms in total. The minimum atomic E-state index is 0.240. The van der Waals surface area contributed by atoms with Crippen molar-refractivity contribution in [2.75, 3.05) is 0 Å². The standard InChI is InChI=1S/C9H4ClN3OS/c10-8-9(13-15-12-8)14-7-3-1-6(5-11)2-4-7/h1-4H. The predicted octanol–water partition coefficient (Wildman–Crippen LogP) is 2.86. The predicted molar refractivity (Wildman–Crippen MR) is 56.2 cm³/mol. The molecule has 0 N–H and O–H groups in total. The van der Waals surface area contributed by atoms with Gasteiger partial charge >= 0.3 is 0 Å². The number of aromatic nitrogens is 2. The molecule has 0 amide bonds. The number of hydrogen-bond donors (Lipinski definition) is 0. The molecule has 0 aliphatic heterocycles. The van der Waals surface area contributed by atoms with Crippen molar-refractivity contribution in [2.24, 2.45) is 0 Å². The largest absolute Gasteiger partial charge is 0.436 e. The van der Waals surface area contributed by atoms with Gasteiger partial charge in [-0.15, -0.1) is 4.37 Å². The Morgan fingerprint density at radius 3 is 2.53 bits per heavy atom. The number of nitrogens with zero attached hydrogens (tertiary/aromatic N) is 3. The van der Waals surface area contributed by atoms with Crippen LogP contribution in [-0.4, -0.2) is 8.75 Å². The first-order chi connectivity index (χ1) is 7.29. The zero-order valence-electron chi connectivity index (χ0n) is 7.35. The Balaban J connectivity index is 2.19. The maximum absolute atomic E-state index is 8.60. The normalized spacial score (nSPS) is 9.60. The summed E-state index contributed by atoms with van der Waals surface area (Å²) in [6.45, 7) is 0. The molecule has 0 fully saturated rings. The quantitative estimate of drug-likeness (QED) is 0.806. The second-order valence-corrected chi connectivity index (χ2v) is 3.48. The van der Waals surface area contributed by atoms with Crippen LogP contribution in [0.3, 0.4) is 0 Å². The van der Waals surface area contributed by atoms with Gasteiger partial charge in [-0.25, -0.2) is 0 Å². The summed E-state index contributed by atoms with van der Waals surface area (Å²) in [5, 5.41) is 8.84. The molecule has 1 heterocycles. The average molecular weight is 238 g/mol. The molecule has 0 aliphatic carbocycles. The molecule has 0 saturated carbocycles. The second kappa shape index (κ2) is 4.26. The van der Waals surface area contributed by atoms with Crippen LogP contribution in [0.2, 0.25) is 5.15 Å². The molecule has 0 unspecified atom stereocenters. The van der Waals surface area contributed by atoms with Gasteiger partial charge in [0.25, 0.3) is 5.88 Å². The van der Waals surface area contributed by atoms with Gasteiger partial charge in [0.05, 0.1) is 23.4 Å². The molecule has 2 rings (SSSR count). The molecule has 0 spiro atoms. The van der Waals surface area contributed by atoms with Gasteiger partial charge < -0.3 is 4.74 Å². The summed E-state index contributed by atoms with van der Waals surface area (Å²) in [5.41, 5.74) is 0.574. The van der Waals surface area contributed by atoms with Crippen LogP contribution in [0, 0.1) is 11.3 Å². The molecule has 2 aromatic rings. The van der Waals surface area contributed by atoms with E-state index in [-0.39, 0.29) is 11.0 Å². The van der Waals surface area contributed by atoms with Crippen molar-refractivity contribution >= 4 is 23.3 Å². The van der Waals surface area contributed by atoms with Crippen molar-refractivity contribution in [3.63, 3.8) is 0 Å². The van der Waals surface area contributed by atoms with Crippen molar-refractivity contribution in [3.8, 4) is 17.7 Å².